The molecular formula is C14H15B2N2. The Morgan fingerprint density at radius 2 is 2.28 bits per heavy atom. The summed E-state index contributed by atoms with van der Waals surface area (Å²) in [5.41, 5.74) is 2.40. The van der Waals surface area contributed by atoms with E-state index >= 15 is 0 Å². The van der Waals surface area contributed by atoms with Crippen molar-refractivity contribution in [1.29, 1.82) is 0 Å². The van der Waals surface area contributed by atoms with Gasteiger partial charge in [-0.15, -0.1) is 0 Å². The molecule has 3 radical (unpaired) electrons. The zero-order valence-electron chi connectivity index (χ0n) is 10.6. The Kier molecular flexibility index (Phi) is 4.08. The summed E-state index contributed by atoms with van der Waals surface area (Å²) in [4.78, 5) is 6.73. The lowest BCUT2D eigenvalue weighted by molar-refractivity contribution is 0.557. The van der Waals surface area contributed by atoms with Crippen LogP contribution in [0, 0.1) is 0 Å². The van der Waals surface area contributed by atoms with Crippen LogP contribution >= 0.6 is 0 Å². The third-order valence-electron chi connectivity index (χ3n) is 2.97. The van der Waals surface area contributed by atoms with Gasteiger partial charge >= 0.3 is 0 Å². The average molecular weight is 233 g/mol. The van der Waals surface area contributed by atoms with Gasteiger partial charge in [0.15, 0.2) is 0 Å². The van der Waals surface area contributed by atoms with E-state index in [2.05, 4.69) is 28.6 Å². The van der Waals surface area contributed by atoms with Crippen molar-refractivity contribution >= 4 is 20.7 Å². The van der Waals surface area contributed by atoms with E-state index in [4.69, 9.17) is 7.74 Å². The number of amidine groups is 1. The third-order valence-corrected chi connectivity index (χ3v) is 2.97. The molecule has 18 heavy (non-hydrogen) atoms. The van der Waals surface area contributed by atoms with Crippen LogP contribution in [0.2, 0.25) is 0 Å². The first kappa shape index (κ1) is 12.7. The molecule has 0 bridgehead atoms. The third kappa shape index (κ3) is 2.42. The minimum atomic E-state index is -0.107. The molecule has 0 saturated carbocycles. The van der Waals surface area contributed by atoms with Crippen molar-refractivity contribution in [3.63, 3.8) is 0 Å². The van der Waals surface area contributed by atoms with Crippen LogP contribution in [0.15, 0.2) is 54.2 Å². The second-order valence-electron chi connectivity index (χ2n) is 4.14. The number of hydrogen-bond donors (Lipinski definition) is 0. The zero-order valence-corrected chi connectivity index (χ0v) is 10.6. The monoisotopic (exact) mass is 233 g/mol. The van der Waals surface area contributed by atoms with Gasteiger partial charge in [0.2, 0.25) is 0 Å². The summed E-state index contributed by atoms with van der Waals surface area (Å²) in [6.07, 6.45) is 5.77. The Balaban J connectivity index is 2.50. The summed E-state index contributed by atoms with van der Waals surface area (Å²) < 4.78 is 0. The molecule has 2 nitrogen and oxygen atoms in total. The van der Waals surface area contributed by atoms with E-state index in [0.717, 1.165) is 17.9 Å². The van der Waals surface area contributed by atoms with E-state index in [1.54, 1.807) is 13.2 Å². The molecule has 2 rings (SSSR count). The quantitative estimate of drug-likeness (QED) is 0.731. The SMILES string of the molecule is [B][B]C1N=C(C=C)N(/C=C\C)Cc2ccccc21. The van der Waals surface area contributed by atoms with Gasteiger partial charge in [-0.3, -0.25) is 4.99 Å². The highest BCUT2D eigenvalue weighted by atomic mass is 15.2. The molecule has 0 aromatic heterocycles. The Morgan fingerprint density at radius 3 is 2.94 bits per heavy atom. The van der Waals surface area contributed by atoms with Crippen LogP contribution in [0.4, 0.5) is 0 Å². The second-order valence-corrected chi connectivity index (χ2v) is 4.14. The predicted molar refractivity (Wildman–Crippen MR) is 78.7 cm³/mol. The van der Waals surface area contributed by atoms with Crippen LogP contribution in [0.3, 0.4) is 0 Å². The fraction of sp³-hybridized carbons (Fsp3) is 0.214. The molecule has 0 saturated heterocycles. The maximum Gasteiger partial charge on any atom is 0.127 e. The van der Waals surface area contributed by atoms with Crippen molar-refractivity contribution in [3.8, 4) is 0 Å². The summed E-state index contributed by atoms with van der Waals surface area (Å²) >= 11 is 0. The smallest absolute Gasteiger partial charge is 0.127 e. The Morgan fingerprint density at radius 1 is 1.50 bits per heavy atom. The van der Waals surface area contributed by atoms with Gasteiger partial charge < -0.3 is 4.90 Å². The number of hydrogen-bond acceptors (Lipinski definition) is 2. The van der Waals surface area contributed by atoms with Crippen molar-refractivity contribution in [2.24, 2.45) is 4.99 Å². The van der Waals surface area contributed by atoms with Crippen LogP contribution in [0.5, 0.6) is 0 Å². The van der Waals surface area contributed by atoms with Crippen LogP contribution < -0.4 is 0 Å². The highest BCUT2D eigenvalue weighted by molar-refractivity contribution is 6.90. The number of allylic oxidation sites excluding steroid dienone is 1. The molecule has 1 heterocycles. The van der Waals surface area contributed by atoms with Crippen molar-refractivity contribution in [3.05, 3.63) is 60.3 Å². The predicted octanol–water partition coefficient (Wildman–Crippen LogP) is 2.41. The molecule has 0 amide bonds. The highest BCUT2D eigenvalue weighted by Gasteiger charge is 2.19. The molecule has 4 heteroatoms. The van der Waals surface area contributed by atoms with Crippen LogP contribution in [-0.4, -0.2) is 25.6 Å². The molecular weight excluding hydrogens is 218 g/mol. The lowest BCUT2D eigenvalue weighted by Crippen LogP contribution is -2.22. The maximum absolute atomic E-state index is 5.72. The fourth-order valence-electron chi connectivity index (χ4n) is 2.14. The summed E-state index contributed by atoms with van der Waals surface area (Å²) in [7, 11) is 7.35. The first-order valence-electron chi connectivity index (χ1n) is 6.02. The van der Waals surface area contributed by atoms with Gasteiger partial charge in [0.25, 0.3) is 0 Å². The first-order valence-corrected chi connectivity index (χ1v) is 6.02. The van der Waals surface area contributed by atoms with Gasteiger partial charge in [0.05, 0.1) is 7.17 Å². The molecule has 1 aromatic carbocycles. The largest absolute Gasteiger partial charge is 0.329 e. The van der Waals surface area contributed by atoms with Gasteiger partial charge in [-0.05, 0) is 24.1 Å². The number of aliphatic imine (C=N–C) groups is 1. The summed E-state index contributed by atoms with van der Waals surface area (Å²) in [6.45, 7) is 6.61. The van der Waals surface area contributed by atoms with Crippen LogP contribution in [-0.2, 0) is 6.54 Å². The summed E-state index contributed by atoms with van der Waals surface area (Å²) in [6, 6.07) is 8.25. The summed E-state index contributed by atoms with van der Waals surface area (Å²) in [5.74, 6) is 0.737. The van der Waals surface area contributed by atoms with Gasteiger partial charge in [0, 0.05) is 26.4 Å². The zero-order chi connectivity index (χ0) is 13.0. The topological polar surface area (TPSA) is 15.6 Å². The van der Waals surface area contributed by atoms with E-state index < -0.39 is 0 Å². The van der Waals surface area contributed by atoms with E-state index in [1.165, 1.54) is 5.56 Å². The lowest BCUT2D eigenvalue weighted by atomic mass is 9.49. The molecule has 1 aromatic rings. The van der Waals surface area contributed by atoms with Gasteiger partial charge in [-0.2, -0.15) is 0 Å². The van der Waals surface area contributed by atoms with Crippen molar-refractivity contribution in [1.82, 2.24) is 4.90 Å². The van der Waals surface area contributed by atoms with Crippen molar-refractivity contribution in [2.75, 3.05) is 0 Å². The lowest BCUT2D eigenvalue weighted by Gasteiger charge is -2.18. The Hall–Kier alpha value is -1.70. The summed E-state index contributed by atoms with van der Waals surface area (Å²) in [5, 5.41) is 0. The molecule has 1 aliphatic rings. The van der Waals surface area contributed by atoms with E-state index in [-0.39, 0.29) is 5.94 Å². The molecule has 0 spiro atoms. The van der Waals surface area contributed by atoms with E-state index in [0.29, 0.717) is 0 Å². The van der Waals surface area contributed by atoms with Crippen LogP contribution in [0.25, 0.3) is 0 Å². The second kappa shape index (κ2) is 5.76. The van der Waals surface area contributed by atoms with Crippen molar-refractivity contribution < 1.29 is 0 Å². The van der Waals surface area contributed by atoms with Crippen molar-refractivity contribution in [2.45, 2.75) is 19.4 Å². The number of rotatable bonds is 3. The Labute approximate surface area is 111 Å². The normalized spacial score (nSPS) is 19.1. The standard InChI is InChI=1S/C14H15B2N2/c1-3-9-18-10-11-7-5-6-8-12(11)14(16-15)17-13(18)4-2/h3-9,14H,2,10H2,1H3/b9-3-. The minimum Gasteiger partial charge on any atom is -0.329 e. The Bertz CT molecular complexity index is 494. The molecule has 0 fully saturated rings. The first-order chi connectivity index (χ1) is 8.80. The average Bonchev–Trinajstić information content (AvgIpc) is 2.55. The highest BCUT2D eigenvalue weighted by Crippen LogP contribution is 2.26. The molecule has 0 aliphatic carbocycles. The van der Waals surface area contributed by atoms with E-state index in [1.807, 2.05) is 31.3 Å². The fourth-order valence-corrected chi connectivity index (χ4v) is 2.14. The van der Waals surface area contributed by atoms with Gasteiger partial charge in [-0.1, -0.05) is 36.9 Å². The number of nitrogens with zero attached hydrogens (tertiary/aromatic N) is 2. The van der Waals surface area contributed by atoms with Gasteiger partial charge in [-0.25, -0.2) is 0 Å². The van der Waals surface area contributed by atoms with E-state index in [9.17, 15) is 0 Å². The minimum absolute atomic E-state index is 0.107. The number of fused-ring (bicyclic) bond motifs is 1. The van der Waals surface area contributed by atoms with Crippen LogP contribution in [0.1, 0.15) is 24.0 Å². The molecule has 1 aliphatic heterocycles. The molecule has 0 N–H and O–H groups in total. The maximum atomic E-state index is 5.72. The molecule has 1 unspecified atom stereocenters. The number of benzene rings is 1. The van der Waals surface area contributed by atoms with Gasteiger partial charge in [0.1, 0.15) is 5.84 Å². The molecule has 1 atom stereocenters. The molecule has 87 valence electrons.